The average molecular weight is 383 g/mol. The summed E-state index contributed by atoms with van der Waals surface area (Å²) >= 11 is 0. The quantitative estimate of drug-likeness (QED) is 0.814. The fourth-order valence-electron chi connectivity index (χ4n) is 3.48. The van der Waals surface area contributed by atoms with Crippen molar-refractivity contribution >= 4 is 23.4 Å². The summed E-state index contributed by atoms with van der Waals surface area (Å²) in [5.74, 6) is 1.68. The predicted molar refractivity (Wildman–Crippen MR) is 111 cm³/mol. The van der Waals surface area contributed by atoms with Gasteiger partial charge >= 0.3 is 6.09 Å². The molecule has 7 heteroatoms. The number of carbonyl (C=O) groups is 1. The van der Waals surface area contributed by atoms with E-state index >= 15 is 0 Å². The average Bonchev–Trinajstić information content (AvgIpc) is 2.70. The minimum atomic E-state index is -0.220. The number of aryl methyl sites for hydroxylation is 1. The summed E-state index contributed by atoms with van der Waals surface area (Å²) in [6.45, 7) is 8.65. The molecule has 150 valence electrons. The van der Waals surface area contributed by atoms with Crippen LogP contribution >= 0.6 is 0 Å². The highest BCUT2D eigenvalue weighted by atomic mass is 16.6. The maximum absolute atomic E-state index is 11.8. The van der Waals surface area contributed by atoms with E-state index in [0.717, 1.165) is 36.7 Å². The molecule has 1 fully saturated rings. The second-order valence-electron chi connectivity index (χ2n) is 6.95. The third-order valence-corrected chi connectivity index (χ3v) is 4.93. The van der Waals surface area contributed by atoms with E-state index in [4.69, 9.17) is 4.74 Å². The van der Waals surface area contributed by atoms with Gasteiger partial charge in [-0.05, 0) is 51.3 Å². The molecule has 0 saturated carbocycles. The summed E-state index contributed by atoms with van der Waals surface area (Å²) in [5.41, 5.74) is 2.34. The van der Waals surface area contributed by atoms with Gasteiger partial charge in [0.25, 0.3) is 0 Å². The van der Waals surface area contributed by atoms with Crippen molar-refractivity contribution in [3.8, 4) is 0 Å². The van der Waals surface area contributed by atoms with Gasteiger partial charge in [-0.2, -0.15) is 0 Å². The Bertz CT molecular complexity index is 790. The fourth-order valence-corrected chi connectivity index (χ4v) is 3.48. The normalized spacial score (nSPS) is 14.6. The molecule has 0 unspecified atom stereocenters. The third-order valence-electron chi connectivity index (χ3n) is 4.93. The van der Waals surface area contributed by atoms with Crippen molar-refractivity contribution in [2.45, 2.75) is 39.7 Å². The third kappa shape index (κ3) is 4.91. The molecule has 1 aliphatic rings. The Morgan fingerprint density at radius 1 is 1.25 bits per heavy atom. The van der Waals surface area contributed by atoms with Gasteiger partial charge in [0.05, 0.1) is 6.61 Å². The van der Waals surface area contributed by atoms with Crippen LogP contribution in [-0.2, 0) is 4.74 Å². The van der Waals surface area contributed by atoms with Crippen LogP contribution in [0.5, 0.6) is 0 Å². The van der Waals surface area contributed by atoms with E-state index < -0.39 is 0 Å². The summed E-state index contributed by atoms with van der Waals surface area (Å²) in [6.07, 6.45) is 3.12. The van der Waals surface area contributed by atoms with Gasteiger partial charge in [-0.25, -0.2) is 14.8 Å². The van der Waals surface area contributed by atoms with E-state index in [-0.39, 0.29) is 12.1 Å². The van der Waals surface area contributed by atoms with Crippen LogP contribution in [0.25, 0.3) is 0 Å². The largest absolute Gasteiger partial charge is 0.450 e. The van der Waals surface area contributed by atoms with E-state index in [2.05, 4.69) is 58.3 Å². The van der Waals surface area contributed by atoms with Crippen molar-refractivity contribution in [2.75, 3.05) is 36.5 Å². The number of benzene rings is 1. The van der Waals surface area contributed by atoms with Crippen LogP contribution in [0, 0.1) is 6.92 Å². The van der Waals surface area contributed by atoms with Crippen LogP contribution < -0.4 is 10.2 Å². The van der Waals surface area contributed by atoms with E-state index in [0.29, 0.717) is 19.7 Å². The van der Waals surface area contributed by atoms with Crippen molar-refractivity contribution in [3.63, 3.8) is 0 Å². The molecule has 0 aliphatic carbocycles. The number of piperidine rings is 1. The number of carbonyl (C=O) groups excluding carboxylic acids is 1. The van der Waals surface area contributed by atoms with Crippen LogP contribution in [0.2, 0.25) is 0 Å². The number of ether oxygens (including phenoxy) is 1. The molecular formula is C21H29N5O2. The summed E-state index contributed by atoms with van der Waals surface area (Å²) < 4.78 is 5.08. The molecule has 28 heavy (non-hydrogen) atoms. The number of hydrogen-bond donors (Lipinski definition) is 1. The predicted octanol–water partition coefficient (Wildman–Crippen LogP) is 3.98. The van der Waals surface area contributed by atoms with Crippen LogP contribution in [0.15, 0.2) is 36.7 Å². The number of hydrogen-bond acceptors (Lipinski definition) is 6. The van der Waals surface area contributed by atoms with E-state index in [1.54, 1.807) is 11.2 Å². The van der Waals surface area contributed by atoms with Crippen molar-refractivity contribution < 1.29 is 9.53 Å². The van der Waals surface area contributed by atoms with Crippen LogP contribution in [-0.4, -0.2) is 53.2 Å². The first-order valence-electron chi connectivity index (χ1n) is 9.95. The molecule has 0 atom stereocenters. The van der Waals surface area contributed by atoms with Gasteiger partial charge in [0, 0.05) is 37.4 Å². The summed E-state index contributed by atoms with van der Waals surface area (Å²) in [6, 6.07) is 10.7. The fraction of sp³-hybridized carbons (Fsp3) is 0.476. The Morgan fingerprint density at radius 2 is 2.04 bits per heavy atom. The molecule has 3 rings (SSSR count). The monoisotopic (exact) mass is 383 g/mol. The number of rotatable bonds is 6. The Morgan fingerprint density at radius 3 is 2.71 bits per heavy atom. The van der Waals surface area contributed by atoms with Crippen molar-refractivity contribution in [1.29, 1.82) is 0 Å². The Balaban J connectivity index is 1.64. The molecule has 1 aromatic heterocycles. The van der Waals surface area contributed by atoms with E-state index in [1.807, 2.05) is 13.0 Å². The SMILES string of the molecule is CCOC(=O)N1CCC(Nc2cc(N(CC)c3cccc(C)c3)ncn2)CC1. The van der Waals surface area contributed by atoms with Gasteiger partial charge < -0.3 is 19.9 Å². The maximum atomic E-state index is 11.8. The van der Waals surface area contributed by atoms with Gasteiger partial charge in [0.15, 0.2) is 0 Å². The van der Waals surface area contributed by atoms with Crippen LogP contribution in [0.4, 0.5) is 22.1 Å². The number of nitrogens with one attached hydrogen (secondary N) is 1. The highest BCUT2D eigenvalue weighted by Crippen LogP contribution is 2.26. The smallest absolute Gasteiger partial charge is 0.409 e. The van der Waals surface area contributed by atoms with E-state index in [1.165, 1.54) is 5.56 Å². The van der Waals surface area contributed by atoms with Crippen molar-refractivity contribution in [3.05, 3.63) is 42.2 Å². The minimum absolute atomic E-state index is 0.220. The van der Waals surface area contributed by atoms with Gasteiger partial charge in [-0.3, -0.25) is 0 Å². The van der Waals surface area contributed by atoms with E-state index in [9.17, 15) is 4.79 Å². The van der Waals surface area contributed by atoms with Gasteiger partial charge in [0.2, 0.25) is 0 Å². The molecule has 1 aliphatic heterocycles. The molecule has 7 nitrogen and oxygen atoms in total. The Labute approximate surface area is 166 Å². The van der Waals surface area contributed by atoms with Gasteiger partial charge in [-0.15, -0.1) is 0 Å². The molecule has 1 saturated heterocycles. The number of likely N-dealkylation sites (tertiary alicyclic amines) is 1. The number of amides is 1. The number of anilines is 3. The molecular weight excluding hydrogens is 354 g/mol. The molecule has 2 aromatic rings. The lowest BCUT2D eigenvalue weighted by molar-refractivity contribution is 0.0983. The van der Waals surface area contributed by atoms with Crippen LogP contribution in [0.1, 0.15) is 32.3 Å². The molecule has 0 bridgehead atoms. The lowest BCUT2D eigenvalue weighted by atomic mass is 10.1. The molecule has 0 radical (unpaired) electrons. The highest BCUT2D eigenvalue weighted by Gasteiger charge is 2.23. The molecule has 1 amide bonds. The lowest BCUT2D eigenvalue weighted by Crippen LogP contribution is -2.42. The first kappa shape index (κ1) is 19.9. The topological polar surface area (TPSA) is 70.6 Å². The summed E-state index contributed by atoms with van der Waals surface area (Å²) in [5, 5.41) is 3.50. The van der Waals surface area contributed by atoms with Gasteiger partial charge in [-0.1, -0.05) is 12.1 Å². The second-order valence-corrected chi connectivity index (χ2v) is 6.95. The molecule has 0 spiro atoms. The molecule has 1 N–H and O–H groups in total. The van der Waals surface area contributed by atoms with Crippen LogP contribution in [0.3, 0.4) is 0 Å². The number of nitrogens with zero attached hydrogens (tertiary/aromatic N) is 4. The maximum Gasteiger partial charge on any atom is 0.409 e. The Kier molecular flexibility index (Phi) is 6.68. The minimum Gasteiger partial charge on any atom is -0.450 e. The van der Waals surface area contributed by atoms with Crippen molar-refractivity contribution in [1.82, 2.24) is 14.9 Å². The first-order valence-corrected chi connectivity index (χ1v) is 9.95. The molecule has 2 heterocycles. The highest BCUT2D eigenvalue weighted by molar-refractivity contribution is 5.67. The summed E-state index contributed by atoms with van der Waals surface area (Å²) in [7, 11) is 0. The van der Waals surface area contributed by atoms with Crippen molar-refractivity contribution in [2.24, 2.45) is 0 Å². The zero-order valence-electron chi connectivity index (χ0n) is 16.9. The Hall–Kier alpha value is -2.83. The number of aromatic nitrogens is 2. The standard InChI is InChI=1S/C21H29N5O2/c1-4-26(18-8-6-7-16(3)13-18)20-14-19(22-15-23-20)24-17-9-11-25(12-10-17)21(27)28-5-2/h6-8,13-15,17H,4-5,9-12H2,1-3H3,(H,22,23,24). The van der Waals surface area contributed by atoms with Gasteiger partial charge in [0.1, 0.15) is 18.0 Å². The lowest BCUT2D eigenvalue weighted by Gasteiger charge is -2.32. The first-order chi connectivity index (χ1) is 13.6. The second kappa shape index (κ2) is 9.39. The zero-order chi connectivity index (χ0) is 19.9. The summed E-state index contributed by atoms with van der Waals surface area (Å²) in [4.78, 5) is 24.6. The molecule has 1 aromatic carbocycles. The zero-order valence-corrected chi connectivity index (χ0v) is 16.9.